The van der Waals surface area contributed by atoms with Crippen molar-refractivity contribution in [2.24, 2.45) is 5.92 Å². The molecule has 1 saturated heterocycles. The van der Waals surface area contributed by atoms with Crippen LogP contribution in [0.4, 0.5) is 26.2 Å². The molecule has 3 aliphatic rings. The minimum absolute atomic E-state index is 0.142. The van der Waals surface area contributed by atoms with E-state index in [1.807, 2.05) is 30.3 Å². The molecule has 8 nitrogen and oxygen atoms in total. The van der Waals surface area contributed by atoms with Crippen molar-refractivity contribution in [1.82, 2.24) is 15.0 Å². The van der Waals surface area contributed by atoms with Crippen molar-refractivity contribution in [3.05, 3.63) is 58.9 Å². The largest absolute Gasteiger partial charge is 0.486 e. The van der Waals surface area contributed by atoms with Crippen LogP contribution in [-0.2, 0) is 0 Å². The van der Waals surface area contributed by atoms with E-state index in [1.54, 1.807) is 6.20 Å². The van der Waals surface area contributed by atoms with Crippen molar-refractivity contribution < 1.29 is 18.3 Å². The van der Waals surface area contributed by atoms with Gasteiger partial charge in [0.15, 0.2) is 23.2 Å². The number of benzene rings is 1. The first kappa shape index (κ1) is 25.9. The smallest absolute Gasteiger partial charge is 0.225 e. The van der Waals surface area contributed by atoms with Crippen molar-refractivity contribution >= 4 is 29.1 Å². The number of piperidine rings is 1. The number of fused-ring (bicyclic) bond motifs is 1. The topological polar surface area (TPSA) is 75.6 Å². The highest BCUT2D eigenvalue weighted by molar-refractivity contribution is 6.31. The van der Waals surface area contributed by atoms with E-state index in [2.05, 4.69) is 20.2 Å². The molecule has 0 spiro atoms. The molecule has 1 aliphatic carbocycles. The fourth-order valence-corrected chi connectivity index (χ4v) is 5.58. The summed E-state index contributed by atoms with van der Waals surface area (Å²) in [4.78, 5) is 17.7. The van der Waals surface area contributed by atoms with Gasteiger partial charge in [-0.05, 0) is 55.4 Å². The number of halogens is 3. The number of rotatable bonds is 7. The van der Waals surface area contributed by atoms with Crippen LogP contribution < -0.4 is 24.6 Å². The van der Waals surface area contributed by atoms with Crippen LogP contribution in [0.2, 0.25) is 5.02 Å². The van der Waals surface area contributed by atoms with E-state index in [0.717, 1.165) is 50.4 Å². The number of likely N-dealkylation sites (N-methyl/N-ethyl adjacent to an activating group) is 1. The zero-order chi connectivity index (χ0) is 26.9. The molecule has 1 atom stereocenters. The van der Waals surface area contributed by atoms with Crippen LogP contribution in [0.25, 0.3) is 0 Å². The van der Waals surface area contributed by atoms with Crippen LogP contribution in [0.5, 0.6) is 11.6 Å². The van der Waals surface area contributed by atoms with Gasteiger partial charge in [-0.15, -0.1) is 0 Å². The third-order valence-corrected chi connectivity index (χ3v) is 8.26. The maximum absolute atomic E-state index is 14.0. The Morgan fingerprint density at radius 3 is 2.67 bits per heavy atom. The molecule has 2 aliphatic heterocycles. The average molecular weight is 557 g/mol. The first-order valence-electron chi connectivity index (χ1n) is 13.4. The maximum Gasteiger partial charge on any atom is 0.225 e. The molecule has 2 fully saturated rings. The predicted octanol–water partition coefficient (Wildman–Crippen LogP) is 5.63. The number of nitrogens with one attached hydrogen (secondary N) is 1. The summed E-state index contributed by atoms with van der Waals surface area (Å²) in [5.74, 6) is 1.02. The van der Waals surface area contributed by atoms with Crippen molar-refractivity contribution in [2.75, 3.05) is 48.5 Å². The Morgan fingerprint density at radius 1 is 1.10 bits per heavy atom. The number of anilines is 3. The van der Waals surface area contributed by atoms with E-state index in [0.29, 0.717) is 34.9 Å². The van der Waals surface area contributed by atoms with Crippen LogP contribution in [-0.4, -0.2) is 54.3 Å². The summed E-state index contributed by atoms with van der Waals surface area (Å²) >= 11 is 6.24. The van der Waals surface area contributed by atoms with Gasteiger partial charge in [0.1, 0.15) is 6.61 Å². The van der Waals surface area contributed by atoms with Gasteiger partial charge in [0.05, 0.1) is 18.8 Å². The minimum Gasteiger partial charge on any atom is -0.486 e. The first-order chi connectivity index (χ1) is 18.9. The molecule has 206 valence electrons. The second-order valence-electron chi connectivity index (χ2n) is 10.5. The van der Waals surface area contributed by atoms with Gasteiger partial charge in [0, 0.05) is 49.2 Å². The van der Waals surface area contributed by atoms with E-state index in [-0.39, 0.29) is 17.7 Å². The molecule has 1 aromatic carbocycles. The second kappa shape index (κ2) is 11.0. The monoisotopic (exact) mass is 556 g/mol. The molecule has 11 heteroatoms. The highest BCUT2D eigenvalue weighted by atomic mass is 35.5. The lowest BCUT2D eigenvalue weighted by molar-refractivity contribution is 0.175. The molecule has 0 amide bonds. The van der Waals surface area contributed by atoms with E-state index in [9.17, 15) is 8.78 Å². The number of hydrogen-bond donors (Lipinski definition) is 1. The van der Waals surface area contributed by atoms with E-state index < -0.39 is 17.7 Å². The molecular formula is C28H31ClF2N6O2. The van der Waals surface area contributed by atoms with Crippen molar-refractivity contribution in [1.29, 1.82) is 0 Å². The fourth-order valence-electron chi connectivity index (χ4n) is 5.31. The Hall–Kier alpha value is -3.40. The molecule has 1 N–H and O–H groups in total. The van der Waals surface area contributed by atoms with Crippen molar-refractivity contribution in [3.8, 4) is 11.6 Å². The zero-order valence-electron chi connectivity index (χ0n) is 21.7. The molecule has 0 radical (unpaired) electrons. The van der Waals surface area contributed by atoms with Gasteiger partial charge in [-0.25, -0.2) is 18.7 Å². The molecule has 2 aromatic heterocycles. The normalized spacial score (nSPS) is 19.7. The first-order valence-corrected chi connectivity index (χ1v) is 13.8. The van der Waals surface area contributed by atoms with Gasteiger partial charge in [-0.2, -0.15) is 4.98 Å². The molecular weight excluding hydrogens is 526 g/mol. The quantitative estimate of drug-likeness (QED) is 0.375. The van der Waals surface area contributed by atoms with Crippen LogP contribution in [0.15, 0.2) is 36.7 Å². The number of hydrogen-bond acceptors (Lipinski definition) is 8. The van der Waals surface area contributed by atoms with E-state index in [1.165, 1.54) is 19.3 Å². The fraction of sp³-hybridized carbons (Fsp3) is 0.464. The molecule has 3 aromatic rings. The Labute approximate surface area is 231 Å². The van der Waals surface area contributed by atoms with Crippen molar-refractivity contribution in [2.45, 2.75) is 44.2 Å². The number of aromatic nitrogens is 3. The van der Waals surface area contributed by atoms with Gasteiger partial charge < -0.3 is 24.6 Å². The summed E-state index contributed by atoms with van der Waals surface area (Å²) < 4.78 is 39.3. The Morgan fingerprint density at radius 2 is 1.90 bits per heavy atom. The molecule has 4 heterocycles. The Balaban J connectivity index is 1.08. The number of pyridine rings is 1. The molecule has 1 saturated carbocycles. The van der Waals surface area contributed by atoms with E-state index in [4.69, 9.17) is 26.1 Å². The third kappa shape index (κ3) is 5.52. The molecule has 1 unspecified atom stereocenters. The highest BCUT2D eigenvalue weighted by Crippen LogP contribution is 2.39. The molecule has 39 heavy (non-hydrogen) atoms. The molecule has 6 rings (SSSR count). The lowest BCUT2D eigenvalue weighted by atomic mass is 9.86. The highest BCUT2D eigenvalue weighted by Gasteiger charge is 2.31. The summed E-state index contributed by atoms with van der Waals surface area (Å²) in [5, 5.41) is 3.60. The molecule has 0 bridgehead atoms. The van der Waals surface area contributed by atoms with Gasteiger partial charge in [0.25, 0.3) is 0 Å². The van der Waals surface area contributed by atoms with Gasteiger partial charge >= 0.3 is 0 Å². The van der Waals surface area contributed by atoms with Gasteiger partial charge in [-0.1, -0.05) is 18.0 Å². The predicted molar refractivity (Wildman–Crippen MR) is 146 cm³/mol. The minimum atomic E-state index is -0.981. The van der Waals surface area contributed by atoms with Crippen LogP contribution in [0.3, 0.4) is 0 Å². The summed E-state index contributed by atoms with van der Waals surface area (Å²) in [5.41, 5.74) is 1.56. The standard InChI is InChI=1S/C28H31ClF2N6O2/c1-36-24(20-12-22(30)23(31)13-21(20)29)16-38-25-14-33-28(35-27(25)36)34-18-6-9-37(10-7-18)19-5-8-32-26(11-19)39-15-17-3-2-4-17/h5,8,11-14,17-18,24H,2-4,6-7,9-10,15-16H2,1H3,(H,33,34,35). The lowest BCUT2D eigenvalue weighted by Gasteiger charge is -2.36. The summed E-state index contributed by atoms with van der Waals surface area (Å²) in [6.45, 7) is 2.73. The average Bonchev–Trinajstić information content (AvgIpc) is 2.91. The number of nitrogens with zero attached hydrogens (tertiary/aromatic N) is 5. The van der Waals surface area contributed by atoms with Crippen LogP contribution in [0, 0.1) is 17.6 Å². The van der Waals surface area contributed by atoms with Crippen LogP contribution >= 0.6 is 11.6 Å². The second-order valence-corrected chi connectivity index (χ2v) is 10.9. The van der Waals surface area contributed by atoms with Gasteiger partial charge in [-0.3, -0.25) is 0 Å². The van der Waals surface area contributed by atoms with Gasteiger partial charge in [0.2, 0.25) is 11.8 Å². The Kier molecular flexibility index (Phi) is 7.29. The van der Waals surface area contributed by atoms with Crippen LogP contribution in [0.1, 0.15) is 43.7 Å². The zero-order valence-corrected chi connectivity index (χ0v) is 22.5. The maximum atomic E-state index is 14.0. The SMILES string of the molecule is CN1c2nc(NC3CCN(c4ccnc(OCC5CCC5)c4)CC3)ncc2OCC1c1cc(F)c(F)cc1Cl. The summed E-state index contributed by atoms with van der Waals surface area (Å²) in [7, 11) is 1.83. The summed E-state index contributed by atoms with van der Waals surface area (Å²) in [6, 6.07) is 5.96. The third-order valence-electron chi connectivity index (χ3n) is 7.94. The number of ether oxygens (including phenoxy) is 2. The summed E-state index contributed by atoms with van der Waals surface area (Å²) in [6.07, 6.45) is 9.10. The van der Waals surface area contributed by atoms with E-state index >= 15 is 0 Å². The Bertz CT molecular complexity index is 1340. The van der Waals surface area contributed by atoms with Crippen molar-refractivity contribution in [3.63, 3.8) is 0 Å². The lowest BCUT2D eigenvalue weighted by Crippen LogP contribution is -2.39.